The van der Waals surface area contributed by atoms with Crippen LogP contribution in [0, 0.1) is 28.9 Å². The zero-order valence-corrected chi connectivity index (χ0v) is 11.0. The zero-order chi connectivity index (χ0) is 13.1. The molecule has 18 heavy (non-hydrogen) atoms. The van der Waals surface area contributed by atoms with Crippen molar-refractivity contribution in [3.8, 4) is 0 Å². The first-order chi connectivity index (χ1) is 8.58. The van der Waals surface area contributed by atoms with Gasteiger partial charge in [0.05, 0.1) is 4.92 Å². The van der Waals surface area contributed by atoms with Gasteiger partial charge in [-0.05, 0) is 43.7 Å². The van der Waals surface area contributed by atoms with Crippen LogP contribution in [0.4, 0.5) is 5.69 Å². The van der Waals surface area contributed by atoms with Crippen molar-refractivity contribution in [2.45, 2.75) is 33.2 Å². The lowest BCUT2D eigenvalue weighted by Gasteiger charge is -2.11. The fourth-order valence-corrected chi connectivity index (χ4v) is 2.24. The van der Waals surface area contributed by atoms with Crippen molar-refractivity contribution in [1.29, 1.82) is 0 Å². The summed E-state index contributed by atoms with van der Waals surface area (Å²) in [7, 11) is 0. The van der Waals surface area contributed by atoms with Gasteiger partial charge in [-0.15, -0.1) is 0 Å². The van der Waals surface area contributed by atoms with Gasteiger partial charge in [0, 0.05) is 18.2 Å². The van der Waals surface area contributed by atoms with E-state index in [1.54, 1.807) is 13.0 Å². The quantitative estimate of drug-likeness (QED) is 0.622. The number of nitrogens with one attached hydrogen (secondary N) is 1. The molecule has 1 aliphatic carbocycles. The number of nitrogens with zero attached hydrogens (tertiary/aromatic N) is 1. The lowest BCUT2D eigenvalue weighted by atomic mass is 10.1. The van der Waals surface area contributed by atoms with Crippen molar-refractivity contribution in [3.63, 3.8) is 0 Å². The van der Waals surface area contributed by atoms with Crippen LogP contribution >= 0.6 is 0 Å². The summed E-state index contributed by atoms with van der Waals surface area (Å²) in [5.74, 6) is 1.61. The van der Waals surface area contributed by atoms with Gasteiger partial charge in [0.1, 0.15) is 0 Å². The Morgan fingerprint density at radius 2 is 2.22 bits per heavy atom. The van der Waals surface area contributed by atoms with Gasteiger partial charge in [-0.1, -0.05) is 19.1 Å². The lowest BCUT2D eigenvalue weighted by molar-refractivity contribution is -0.385. The van der Waals surface area contributed by atoms with E-state index in [-0.39, 0.29) is 10.6 Å². The first-order valence-corrected chi connectivity index (χ1v) is 6.52. The van der Waals surface area contributed by atoms with Gasteiger partial charge < -0.3 is 5.32 Å². The minimum absolute atomic E-state index is 0.213. The molecule has 0 saturated heterocycles. The first-order valence-electron chi connectivity index (χ1n) is 6.52. The molecule has 1 aliphatic rings. The van der Waals surface area contributed by atoms with Crippen LogP contribution in [0.15, 0.2) is 18.2 Å². The van der Waals surface area contributed by atoms with E-state index in [1.165, 1.54) is 12.8 Å². The smallest absolute Gasteiger partial charge is 0.272 e. The number of benzene rings is 1. The highest BCUT2D eigenvalue weighted by Gasteiger charge is 2.27. The molecule has 1 N–H and O–H groups in total. The summed E-state index contributed by atoms with van der Waals surface area (Å²) in [4.78, 5) is 10.5. The van der Waals surface area contributed by atoms with Crippen LogP contribution in [0.2, 0.25) is 0 Å². The maximum atomic E-state index is 10.8. The summed E-state index contributed by atoms with van der Waals surface area (Å²) in [5, 5.41) is 14.2. The molecular weight excluding hydrogens is 228 g/mol. The monoisotopic (exact) mass is 248 g/mol. The summed E-state index contributed by atoms with van der Waals surface area (Å²) in [6.07, 6.45) is 2.72. The molecule has 0 aliphatic heterocycles. The average Bonchev–Trinajstić information content (AvgIpc) is 3.14. The molecule has 0 bridgehead atoms. The summed E-state index contributed by atoms with van der Waals surface area (Å²) in [5.41, 5.74) is 1.91. The van der Waals surface area contributed by atoms with Crippen molar-refractivity contribution in [3.05, 3.63) is 39.4 Å². The summed E-state index contributed by atoms with van der Waals surface area (Å²) in [6.45, 7) is 5.73. The number of aryl methyl sites for hydroxylation is 1. The van der Waals surface area contributed by atoms with Crippen molar-refractivity contribution in [2.24, 2.45) is 11.8 Å². The first kappa shape index (κ1) is 13.0. The van der Waals surface area contributed by atoms with Gasteiger partial charge in [0.25, 0.3) is 5.69 Å². The zero-order valence-electron chi connectivity index (χ0n) is 11.0. The third kappa shape index (κ3) is 3.29. The van der Waals surface area contributed by atoms with Crippen molar-refractivity contribution < 1.29 is 4.92 Å². The molecule has 1 unspecified atom stereocenters. The van der Waals surface area contributed by atoms with Crippen LogP contribution in [-0.4, -0.2) is 11.5 Å². The third-order valence-electron chi connectivity index (χ3n) is 3.69. The molecule has 0 spiro atoms. The van der Waals surface area contributed by atoms with Crippen LogP contribution in [-0.2, 0) is 6.54 Å². The SMILES string of the molecule is Cc1ccc(CNCC(C)C2CC2)cc1[N+](=O)[O-]. The van der Waals surface area contributed by atoms with E-state index >= 15 is 0 Å². The van der Waals surface area contributed by atoms with Gasteiger partial charge in [0.15, 0.2) is 0 Å². The molecule has 4 heteroatoms. The minimum Gasteiger partial charge on any atom is -0.312 e. The van der Waals surface area contributed by atoms with Crippen molar-refractivity contribution in [1.82, 2.24) is 5.32 Å². The molecule has 0 radical (unpaired) electrons. The number of rotatable bonds is 6. The molecule has 1 fully saturated rings. The molecule has 98 valence electrons. The van der Waals surface area contributed by atoms with Gasteiger partial charge in [0.2, 0.25) is 0 Å². The number of nitro groups is 1. The van der Waals surface area contributed by atoms with Crippen LogP contribution < -0.4 is 5.32 Å². The standard InChI is InChI=1S/C14H20N2O2/c1-10-3-4-12(7-14(10)16(17)18)9-15-8-11(2)13-5-6-13/h3-4,7,11,13,15H,5-6,8-9H2,1-2H3. The maximum Gasteiger partial charge on any atom is 0.272 e. The highest BCUT2D eigenvalue weighted by molar-refractivity contribution is 5.42. The summed E-state index contributed by atoms with van der Waals surface area (Å²) in [6, 6.07) is 5.45. The second-order valence-electron chi connectivity index (χ2n) is 5.32. The highest BCUT2D eigenvalue weighted by atomic mass is 16.6. The normalized spacial score (nSPS) is 16.6. The predicted octanol–water partition coefficient (Wildman–Crippen LogP) is 3.04. The molecule has 1 aromatic carbocycles. The molecule has 4 nitrogen and oxygen atoms in total. The van der Waals surface area contributed by atoms with E-state index in [0.717, 1.165) is 23.6 Å². The van der Waals surface area contributed by atoms with Crippen molar-refractivity contribution in [2.75, 3.05) is 6.54 Å². The number of hydrogen-bond donors (Lipinski definition) is 1. The molecular formula is C14H20N2O2. The predicted molar refractivity (Wildman–Crippen MR) is 71.4 cm³/mol. The van der Waals surface area contributed by atoms with Crippen LogP contribution in [0.3, 0.4) is 0 Å². The Kier molecular flexibility index (Phi) is 3.97. The van der Waals surface area contributed by atoms with Crippen LogP contribution in [0.1, 0.15) is 30.9 Å². The van der Waals surface area contributed by atoms with Crippen LogP contribution in [0.5, 0.6) is 0 Å². The van der Waals surface area contributed by atoms with Crippen molar-refractivity contribution >= 4 is 5.69 Å². The van der Waals surface area contributed by atoms with E-state index in [2.05, 4.69) is 12.2 Å². The molecule has 2 rings (SSSR count). The Hall–Kier alpha value is -1.42. The molecule has 1 saturated carbocycles. The topological polar surface area (TPSA) is 55.2 Å². The Balaban J connectivity index is 1.88. The lowest BCUT2D eigenvalue weighted by Crippen LogP contribution is -2.21. The Morgan fingerprint density at radius 3 is 2.83 bits per heavy atom. The van der Waals surface area contributed by atoms with E-state index in [4.69, 9.17) is 0 Å². The van der Waals surface area contributed by atoms with Gasteiger partial charge >= 0.3 is 0 Å². The fourth-order valence-electron chi connectivity index (χ4n) is 2.24. The second kappa shape index (κ2) is 5.48. The Bertz CT molecular complexity index is 441. The largest absolute Gasteiger partial charge is 0.312 e. The molecule has 1 aromatic rings. The Morgan fingerprint density at radius 1 is 1.50 bits per heavy atom. The average molecular weight is 248 g/mol. The Labute approximate surface area is 108 Å². The van der Waals surface area contributed by atoms with Crippen LogP contribution in [0.25, 0.3) is 0 Å². The maximum absolute atomic E-state index is 10.8. The molecule has 1 atom stereocenters. The van der Waals surface area contributed by atoms with E-state index in [0.29, 0.717) is 12.5 Å². The van der Waals surface area contributed by atoms with E-state index in [1.807, 2.05) is 12.1 Å². The summed E-state index contributed by atoms with van der Waals surface area (Å²) < 4.78 is 0. The number of hydrogen-bond acceptors (Lipinski definition) is 3. The molecule has 0 amide bonds. The summed E-state index contributed by atoms with van der Waals surface area (Å²) >= 11 is 0. The third-order valence-corrected chi connectivity index (χ3v) is 3.69. The molecule has 0 aromatic heterocycles. The van der Waals surface area contributed by atoms with Gasteiger partial charge in [-0.2, -0.15) is 0 Å². The fraction of sp³-hybridized carbons (Fsp3) is 0.571. The van der Waals surface area contributed by atoms with Gasteiger partial charge in [-0.3, -0.25) is 10.1 Å². The minimum atomic E-state index is -0.314. The molecule has 0 heterocycles. The highest BCUT2D eigenvalue weighted by Crippen LogP contribution is 2.36. The van der Waals surface area contributed by atoms with E-state index < -0.39 is 0 Å². The number of nitro benzene ring substituents is 1. The van der Waals surface area contributed by atoms with Gasteiger partial charge in [-0.25, -0.2) is 0 Å². The van der Waals surface area contributed by atoms with E-state index in [9.17, 15) is 10.1 Å². The second-order valence-corrected chi connectivity index (χ2v) is 5.32.